The SMILES string of the molecule is Cc1ccc(C)c(NC(=O)OCCN(C)C)c1. The summed E-state index contributed by atoms with van der Waals surface area (Å²) in [5.41, 5.74) is 2.94. The Kier molecular flexibility index (Phi) is 4.97. The predicted molar refractivity (Wildman–Crippen MR) is 69.4 cm³/mol. The van der Waals surface area contributed by atoms with Crippen LogP contribution >= 0.6 is 0 Å². The van der Waals surface area contributed by atoms with Gasteiger partial charge in [0, 0.05) is 12.2 Å². The van der Waals surface area contributed by atoms with E-state index in [1.54, 1.807) is 0 Å². The lowest BCUT2D eigenvalue weighted by molar-refractivity contribution is 0.151. The first-order valence-corrected chi connectivity index (χ1v) is 5.65. The number of amides is 1. The average molecular weight is 236 g/mol. The number of carbonyl (C=O) groups excluding carboxylic acids is 1. The number of hydrogen-bond acceptors (Lipinski definition) is 3. The molecule has 4 nitrogen and oxygen atoms in total. The van der Waals surface area contributed by atoms with Crippen LogP contribution in [0.5, 0.6) is 0 Å². The minimum atomic E-state index is -0.402. The topological polar surface area (TPSA) is 41.6 Å². The zero-order valence-electron chi connectivity index (χ0n) is 10.9. The van der Waals surface area contributed by atoms with Crippen molar-refractivity contribution in [2.45, 2.75) is 13.8 Å². The van der Waals surface area contributed by atoms with Gasteiger partial charge < -0.3 is 9.64 Å². The first-order valence-electron chi connectivity index (χ1n) is 5.65. The smallest absolute Gasteiger partial charge is 0.411 e. The first kappa shape index (κ1) is 13.5. The maximum atomic E-state index is 11.5. The Balaban J connectivity index is 2.47. The Hall–Kier alpha value is -1.55. The third kappa shape index (κ3) is 4.87. The lowest BCUT2D eigenvalue weighted by Gasteiger charge is -2.12. The molecule has 17 heavy (non-hydrogen) atoms. The van der Waals surface area contributed by atoms with Crippen LogP contribution in [-0.4, -0.2) is 38.2 Å². The first-order chi connectivity index (χ1) is 7.99. The molecule has 0 aliphatic carbocycles. The maximum absolute atomic E-state index is 11.5. The number of ether oxygens (including phenoxy) is 1. The van der Waals surface area contributed by atoms with Crippen molar-refractivity contribution >= 4 is 11.8 Å². The number of rotatable bonds is 4. The van der Waals surface area contributed by atoms with E-state index in [0.29, 0.717) is 6.61 Å². The van der Waals surface area contributed by atoms with Crippen LogP contribution in [0.4, 0.5) is 10.5 Å². The molecule has 4 heteroatoms. The standard InChI is InChI=1S/C13H20N2O2/c1-10-5-6-11(2)12(9-10)14-13(16)17-8-7-15(3)4/h5-6,9H,7-8H2,1-4H3,(H,14,16). The third-order valence-electron chi connectivity index (χ3n) is 2.40. The van der Waals surface area contributed by atoms with Crippen molar-refractivity contribution in [3.8, 4) is 0 Å². The van der Waals surface area contributed by atoms with Crippen molar-refractivity contribution in [1.82, 2.24) is 4.90 Å². The molecule has 0 bridgehead atoms. The highest BCUT2D eigenvalue weighted by Crippen LogP contribution is 2.16. The number of anilines is 1. The van der Waals surface area contributed by atoms with Gasteiger partial charge in [-0.05, 0) is 45.1 Å². The summed E-state index contributed by atoms with van der Waals surface area (Å²) in [6, 6.07) is 5.92. The summed E-state index contributed by atoms with van der Waals surface area (Å²) in [5.74, 6) is 0. The van der Waals surface area contributed by atoms with Gasteiger partial charge in [0.25, 0.3) is 0 Å². The number of benzene rings is 1. The fourth-order valence-corrected chi connectivity index (χ4v) is 1.34. The van der Waals surface area contributed by atoms with Crippen LogP contribution in [0.15, 0.2) is 18.2 Å². The second-order valence-electron chi connectivity index (χ2n) is 4.38. The molecule has 94 valence electrons. The lowest BCUT2D eigenvalue weighted by atomic mass is 10.1. The van der Waals surface area contributed by atoms with Crippen LogP contribution in [0, 0.1) is 13.8 Å². The molecule has 0 spiro atoms. The largest absolute Gasteiger partial charge is 0.448 e. The van der Waals surface area contributed by atoms with Gasteiger partial charge in [-0.25, -0.2) is 4.79 Å². The van der Waals surface area contributed by atoms with Crippen LogP contribution in [0.2, 0.25) is 0 Å². The van der Waals surface area contributed by atoms with E-state index in [1.165, 1.54) is 0 Å². The van der Waals surface area contributed by atoms with E-state index in [2.05, 4.69) is 5.32 Å². The van der Waals surface area contributed by atoms with Crippen molar-refractivity contribution < 1.29 is 9.53 Å². The van der Waals surface area contributed by atoms with Crippen LogP contribution in [-0.2, 0) is 4.74 Å². The van der Waals surface area contributed by atoms with Crippen LogP contribution in [0.25, 0.3) is 0 Å². The Bertz CT molecular complexity index is 389. The number of nitrogens with zero attached hydrogens (tertiary/aromatic N) is 1. The van der Waals surface area contributed by atoms with E-state index in [9.17, 15) is 4.79 Å². The number of aryl methyl sites for hydroxylation is 2. The molecule has 0 atom stereocenters. The number of likely N-dealkylation sites (N-methyl/N-ethyl adjacent to an activating group) is 1. The molecule has 0 aliphatic heterocycles. The van der Waals surface area contributed by atoms with E-state index in [1.807, 2.05) is 51.0 Å². The van der Waals surface area contributed by atoms with Crippen molar-refractivity contribution in [3.05, 3.63) is 29.3 Å². The fourth-order valence-electron chi connectivity index (χ4n) is 1.34. The summed E-state index contributed by atoms with van der Waals surface area (Å²) < 4.78 is 5.06. The van der Waals surface area contributed by atoms with Crippen LogP contribution < -0.4 is 5.32 Å². The number of carbonyl (C=O) groups is 1. The van der Waals surface area contributed by atoms with Gasteiger partial charge >= 0.3 is 6.09 Å². The van der Waals surface area contributed by atoms with Gasteiger partial charge in [-0.3, -0.25) is 5.32 Å². The minimum absolute atomic E-state index is 0.393. The average Bonchev–Trinajstić information content (AvgIpc) is 2.23. The summed E-state index contributed by atoms with van der Waals surface area (Å²) in [6.07, 6.45) is -0.402. The second kappa shape index (κ2) is 6.25. The zero-order chi connectivity index (χ0) is 12.8. The molecular formula is C13H20N2O2. The molecule has 0 saturated heterocycles. The summed E-state index contributed by atoms with van der Waals surface area (Å²) >= 11 is 0. The molecule has 0 saturated carbocycles. The quantitative estimate of drug-likeness (QED) is 0.873. The Morgan fingerprint density at radius 3 is 2.71 bits per heavy atom. The minimum Gasteiger partial charge on any atom is -0.448 e. The van der Waals surface area contributed by atoms with Crippen molar-refractivity contribution in [2.24, 2.45) is 0 Å². The molecule has 1 amide bonds. The predicted octanol–water partition coefficient (Wildman–Crippen LogP) is 2.41. The Labute approximate surface area is 103 Å². The molecule has 0 heterocycles. The zero-order valence-corrected chi connectivity index (χ0v) is 10.9. The van der Waals surface area contributed by atoms with Gasteiger partial charge in [0.05, 0.1) is 0 Å². The Morgan fingerprint density at radius 2 is 2.06 bits per heavy atom. The molecule has 1 rings (SSSR count). The van der Waals surface area contributed by atoms with Crippen molar-refractivity contribution in [2.75, 3.05) is 32.6 Å². The normalized spacial score (nSPS) is 10.4. The highest BCUT2D eigenvalue weighted by Gasteiger charge is 2.05. The molecule has 1 N–H and O–H groups in total. The third-order valence-corrected chi connectivity index (χ3v) is 2.40. The summed E-state index contributed by atoms with van der Waals surface area (Å²) in [5, 5.41) is 2.75. The molecule has 0 fully saturated rings. The van der Waals surface area contributed by atoms with E-state index in [0.717, 1.165) is 23.4 Å². The van der Waals surface area contributed by atoms with E-state index < -0.39 is 6.09 Å². The molecular weight excluding hydrogens is 216 g/mol. The van der Waals surface area contributed by atoms with E-state index in [4.69, 9.17) is 4.74 Å². The van der Waals surface area contributed by atoms with Crippen molar-refractivity contribution in [1.29, 1.82) is 0 Å². The summed E-state index contributed by atoms with van der Waals surface area (Å²) in [6.45, 7) is 5.06. The molecule has 0 aliphatic rings. The second-order valence-corrected chi connectivity index (χ2v) is 4.38. The monoisotopic (exact) mass is 236 g/mol. The van der Waals surface area contributed by atoms with Crippen molar-refractivity contribution in [3.63, 3.8) is 0 Å². The number of hydrogen-bond donors (Lipinski definition) is 1. The van der Waals surface area contributed by atoms with Crippen LogP contribution in [0.1, 0.15) is 11.1 Å². The maximum Gasteiger partial charge on any atom is 0.411 e. The van der Waals surface area contributed by atoms with Gasteiger partial charge in [-0.2, -0.15) is 0 Å². The van der Waals surface area contributed by atoms with E-state index in [-0.39, 0.29) is 0 Å². The summed E-state index contributed by atoms with van der Waals surface area (Å²) in [7, 11) is 3.87. The lowest BCUT2D eigenvalue weighted by Crippen LogP contribution is -2.22. The Morgan fingerprint density at radius 1 is 1.35 bits per heavy atom. The van der Waals surface area contributed by atoms with Gasteiger partial charge in [0.15, 0.2) is 0 Å². The number of nitrogens with one attached hydrogen (secondary N) is 1. The molecule has 1 aromatic rings. The summed E-state index contributed by atoms with van der Waals surface area (Å²) in [4.78, 5) is 13.5. The van der Waals surface area contributed by atoms with Gasteiger partial charge in [-0.15, -0.1) is 0 Å². The highest BCUT2D eigenvalue weighted by atomic mass is 16.5. The fraction of sp³-hybridized carbons (Fsp3) is 0.462. The van der Waals surface area contributed by atoms with Gasteiger partial charge in [0.2, 0.25) is 0 Å². The molecule has 0 unspecified atom stereocenters. The highest BCUT2D eigenvalue weighted by molar-refractivity contribution is 5.85. The van der Waals surface area contributed by atoms with Gasteiger partial charge in [-0.1, -0.05) is 12.1 Å². The van der Waals surface area contributed by atoms with Gasteiger partial charge in [0.1, 0.15) is 6.61 Å². The molecule has 1 aromatic carbocycles. The van der Waals surface area contributed by atoms with E-state index >= 15 is 0 Å². The molecule has 0 radical (unpaired) electrons. The van der Waals surface area contributed by atoms with Crippen LogP contribution in [0.3, 0.4) is 0 Å². The molecule has 0 aromatic heterocycles.